The largest absolute Gasteiger partial charge is 0.444 e. The fourth-order valence-electron chi connectivity index (χ4n) is 2.48. The Morgan fingerprint density at radius 2 is 1.50 bits per heavy atom. The van der Waals surface area contributed by atoms with Gasteiger partial charge in [-0.05, 0) is 52.9 Å². The lowest BCUT2D eigenvalue weighted by Gasteiger charge is -2.28. The van der Waals surface area contributed by atoms with E-state index in [1.807, 2.05) is 25.7 Å². The van der Waals surface area contributed by atoms with Gasteiger partial charge in [0.1, 0.15) is 5.60 Å². The summed E-state index contributed by atoms with van der Waals surface area (Å²) in [7, 11) is 0. The van der Waals surface area contributed by atoms with Crippen LogP contribution in [0.5, 0.6) is 0 Å². The van der Waals surface area contributed by atoms with Gasteiger partial charge in [0.2, 0.25) is 0 Å². The molecule has 0 bridgehead atoms. The third-order valence-electron chi connectivity index (χ3n) is 3.58. The van der Waals surface area contributed by atoms with Gasteiger partial charge in [0.05, 0.1) is 6.10 Å². The molecule has 1 fully saturated rings. The number of amides is 1. The molecule has 0 saturated carbocycles. The maximum atomic E-state index is 12.1. The van der Waals surface area contributed by atoms with Crippen molar-refractivity contribution < 1.29 is 14.6 Å². The Labute approximate surface area is 123 Å². The van der Waals surface area contributed by atoms with E-state index in [2.05, 4.69) is 0 Å². The molecule has 1 saturated heterocycles. The number of aliphatic hydroxyl groups is 1. The molecule has 1 amide bonds. The van der Waals surface area contributed by atoms with Crippen molar-refractivity contribution in [3.8, 4) is 0 Å². The number of nitrogens with zero attached hydrogens (tertiary/aromatic N) is 1. The topological polar surface area (TPSA) is 49.8 Å². The molecule has 1 aliphatic heterocycles. The first-order valence-corrected chi connectivity index (χ1v) is 8.04. The first kappa shape index (κ1) is 17.3. The number of ether oxygens (including phenoxy) is 1. The average Bonchev–Trinajstić information content (AvgIpc) is 2.31. The monoisotopic (exact) mass is 285 g/mol. The number of hydrogen-bond acceptors (Lipinski definition) is 3. The van der Waals surface area contributed by atoms with Crippen molar-refractivity contribution in [3.63, 3.8) is 0 Å². The predicted octanol–water partition coefficient (Wildman–Crippen LogP) is 3.72. The van der Waals surface area contributed by atoms with E-state index >= 15 is 0 Å². The fourth-order valence-corrected chi connectivity index (χ4v) is 2.48. The quantitative estimate of drug-likeness (QED) is 0.738. The van der Waals surface area contributed by atoms with Crippen LogP contribution in [0.1, 0.15) is 72.1 Å². The van der Waals surface area contributed by atoms with Gasteiger partial charge in [0.15, 0.2) is 0 Å². The molecule has 4 nitrogen and oxygen atoms in total. The first-order valence-electron chi connectivity index (χ1n) is 8.04. The predicted molar refractivity (Wildman–Crippen MR) is 80.7 cm³/mol. The SMILES string of the molecule is CC(C)(C)OC(=O)N1CCCCCCC(O)CCCC1. The second-order valence-electron chi connectivity index (χ2n) is 6.82. The third-order valence-corrected chi connectivity index (χ3v) is 3.58. The Kier molecular flexibility index (Phi) is 7.35. The Morgan fingerprint density at radius 3 is 2.10 bits per heavy atom. The minimum absolute atomic E-state index is 0.163. The second kappa shape index (κ2) is 8.50. The van der Waals surface area contributed by atoms with Crippen LogP contribution in [0, 0.1) is 0 Å². The van der Waals surface area contributed by atoms with Crippen molar-refractivity contribution >= 4 is 6.09 Å². The standard InChI is InChI=1S/C16H31NO3/c1-16(2,3)20-15(19)17-12-8-5-4-6-10-14(18)11-7-9-13-17/h14,18H,4-13H2,1-3H3. The zero-order chi connectivity index (χ0) is 15.0. The molecule has 20 heavy (non-hydrogen) atoms. The molecule has 1 N–H and O–H groups in total. The number of hydrogen-bond donors (Lipinski definition) is 1. The number of carbonyl (C=O) groups is 1. The van der Waals surface area contributed by atoms with E-state index < -0.39 is 5.60 Å². The van der Waals surface area contributed by atoms with Crippen LogP contribution in [0.25, 0.3) is 0 Å². The summed E-state index contributed by atoms with van der Waals surface area (Å²) in [6.07, 6.45) is 7.70. The second-order valence-corrected chi connectivity index (χ2v) is 6.82. The molecule has 1 unspecified atom stereocenters. The van der Waals surface area contributed by atoms with Gasteiger partial charge in [-0.15, -0.1) is 0 Å². The molecule has 1 heterocycles. The Morgan fingerprint density at radius 1 is 1.00 bits per heavy atom. The summed E-state index contributed by atoms with van der Waals surface area (Å²) < 4.78 is 5.46. The van der Waals surface area contributed by atoms with Gasteiger partial charge in [-0.1, -0.05) is 19.3 Å². The summed E-state index contributed by atoms with van der Waals surface area (Å²) in [5.41, 5.74) is -0.434. The first-order chi connectivity index (χ1) is 9.38. The van der Waals surface area contributed by atoms with Crippen LogP contribution < -0.4 is 0 Å². The third kappa shape index (κ3) is 7.73. The molecule has 0 aromatic carbocycles. The molecular weight excluding hydrogens is 254 g/mol. The van der Waals surface area contributed by atoms with Crippen LogP contribution in [0.2, 0.25) is 0 Å². The average molecular weight is 285 g/mol. The van der Waals surface area contributed by atoms with E-state index in [1.54, 1.807) is 0 Å². The Bertz CT molecular complexity index is 286. The van der Waals surface area contributed by atoms with Crippen molar-refractivity contribution in [2.75, 3.05) is 13.1 Å². The maximum absolute atomic E-state index is 12.1. The Hall–Kier alpha value is -0.770. The van der Waals surface area contributed by atoms with Gasteiger partial charge < -0.3 is 14.7 Å². The summed E-state index contributed by atoms with van der Waals surface area (Å²) in [6, 6.07) is 0. The van der Waals surface area contributed by atoms with Gasteiger partial charge >= 0.3 is 6.09 Å². The maximum Gasteiger partial charge on any atom is 0.410 e. The number of aliphatic hydroxyl groups excluding tert-OH is 1. The van der Waals surface area contributed by atoms with Crippen molar-refractivity contribution in [1.29, 1.82) is 0 Å². The minimum Gasteiger partial charge on any atom is -0.444 e. The lowest BCUT2D eigenvalue weighted by Crippen LogP contribution is -2.38. The minimum atomic E-state index is -0.434. The van der Waals surface area contributed by atoms with Gasteiger partial charge in [-0.2, -0.15) is 0 Å². The smallest absolute Gasteiger partial charge is 0.410 e. The molecule has 0 spiro atoms. The zero-order valence-corrected chi connectivity index (χ0v) is 13.4. The molecule has 118 valence electrons. The van der Waals surface area contributed by atoms with Gasteiger partial charge in [0, 0.05) is 13.1 Å². The number of carbonyl (C=O) groups excluding carboxylic acids is 1. The van der Waals surface area contributed by atoms with Gasteiger partial charge in [-0.3, -0.25) is 0 Å². The van der Waals surface area contributed by atoms with Crippen molar-refractivity contribution in [2.45, 2.75) is 83.8 Å². The highest BCUT2D eigenvalue weighted by atomic mass is 16.6. The van der Waals surface area contributed by atoms with Crippen LogP contribution in [0.4, 0.5) is 4.79 Å². The normalized spacial score (nSPS) is 23.6. The molecule has 0 radical (unpaired) electrons. The summed E-state index contributed by atoms with van der Waals surface area (Å²) >= 11 is 0. The summed E-state index contributed by atoms with van der Waals surface area (Å²) in [6.45, 7) is 7.23. The molecule has 1 aliphatic rings. The highest BCUT2D eigenvalue weighted by Crippen LogP contribution is 2.15. The van der Waals surface area contributed by atoms with Crippen LogP contribution >= 0.6 is 0 Å². The highest BCUT2D eigenvalue weighted by Gasteiger charge is 2.21. The molecule has 0 aliphatic carbocycles. The molecule has 0 aromatic rings. The molecule has 1 atom stereocenters. The van der Waals surface area contributed by atoms with Crippen LogP contribution in [0.3, 0.4) is 0 Å². The highest BCUT2D eigenvalue weighted by molar-refractivity contribution is 5.68. The fraction of sp³-hybridized carbons (Fsp3) is 0.938. The van der Waals surface area contributed by atoms with E-state index in [4.69, 9.17) is 4.74 Å². The van der Waals surface area contributed by atoms with E-state index in [0.29, 0.717) is 0 Å². The van der Waals surface area contributed by atoms with E-state index in [1.165, 1.54) is 0 Å². The summed E-state index contributed by atoms with van der Waals surface area (Å²) in [4.78, 5) is 14.0. The van der Waals surface area contributed by atoms with E-state index in [0.717, 1.165) is 64.5 Å². The molecule has 1 rings (SSSR count). The van der Waals surface area contributed by atoms with Crippen molar-refractivity contribution in [2.24, 2.45) is 0 Å². The number of rotatable bonds is 0. The van der Waals surface area contributed by atoms with Crippen molar-refractivity contribution in [3.05, 3.63) is 0 Å². The van der Waals surface area contributed by atoms with Crippen LogP contribution in [-0.4, -0.2) is 40.9 Å². The Balaban J connectivity index is 2.48. The van der Waals surface area contributed by atoms with E-state index in [9.17, 15) is 9.90 Å². The summed E-state index contributed by atoms with van der Waals surface area (Å²) in [5.74, 6) is 0. The van der Waals surface area contributed by atoms with Gasteiger partial charge in [0.25, 0.3) is 0 Å². The lowest BCUT2D eigenvalue weighted by molar-refractivity contribution is 0.0240. The van der Waals surface area contributed by atoms with Crippen LogP contribution in [0.15, 0.2) is 0 Å². The molecule has 0 aromatic heterocycles. The van der Waals surface area contributed by atoms with Crippen molar-refractivity contribution in [1.82, 2.24) is 4.90 Å². The molecule has 4 heteroatoms. The zero-order valence-electron chi connectivity index (χ0n) is 13.4. The van der Waals surface area contributed by atoms with Gasteiger partial charge in [-0.25, -0.2) is 4.79 Å². The van der Waals surface area contributed by atoms with E-state index in [-0.39, 0.29) is 12.2 Å². The molecular formula is C16H31NO3. The van der Waals surface area contributed by atoms with Crippen LogP contribution in [-0.2, 0) is 4.74 Å². The summed E-state index contributed by atoms with van der Waals surface area (Å²) in [5, 5.41) is 9.82. The lowest BCUT2D eigenvalue weighted by atomic mass is 10.0.